The minimum atomic E-state index is -0.361. The maximum Gasteiger partial charge on any atom is 0.179 e. The predicted octanol–water partition coefficient (Wildman–Crippen LogP) is 1.98. The second-order valence-corrected chi connectivity index (χ2v) is 3.55. The molecule has 0 saturated carbocycles. The topological polar surface area (TPSA) is 35.2 Å². The molecule has 0 fully saturated rings. The molecule has 0 unspecified atom stereocenters. The minimum Gasteiger partial charge on any atom is -0.488 e. The second-order valence-electron chi connectivity index (χ2n) is 2.70. The Kier molecular flexibility index (Phi) is 1.81. The van der Waals surface area contributed by atoms with Crippen LogP contribution in [0, 0.1) is 5.82 Å². The quantitative estimate of drug-likeness (QED) is 0.742. The van der Waals surface area contributed by atoms with Crippen molar-refractivity contribution in [2.75, 3.05) is 6.61 Å². The van der Waals surface area contributed by atoms with Gasteiger partial charge in [-0.2, -0.15) is 0 Å². The molecule has 64 valence electrons. The molecule has 1 aliphatic heterocycles. The van der Waals surface area contributed by atoms with Crippen LogP contribution in [0.4, 0.5) is 4.39 Å². The molecule has 0 aliphatic carbocycles. The SMILES string of the molecule is N[C@@H]1COc2c1ccc(Br)c2F. The van der Waals surface area contributed by atoms with Crippen molar-refractivity contribution in [1.29, 1.82) is 0 Å². The van der Waals surface area contributed by atoms with Crippen LogP contribution < -0.4 is 10.5 Å². The highest BCUT2D eigenvalue weighted by molar-refractivity contribution is 9.10. The molecule has 1 aromatic carbocycles. The lowest BCUT2D eigenvalue weighted by atomic mass is 10.1. The molecule has 0 aromatic heterocycles. The fraction of sp³-hybridized carbons (Fsp3) is 0.250. The Bertz CT molecular complexity index is 329. The van der Waals surface area contributed by atoms with E-state index in [0.717, 1.165) is 5.56 Å². The van der Waals surface area contributed by atoms with Gasteiger partial charge >= 0.3 is 0 Å². The maximum absolute atomic E-state index is 13.2. The molecule has 2 rings (SSSR count). The van der Waals surface area contributed by atoms with E-state index < -0.39 is 0 Å². The standard InChI is InChI=1S/C8H7BrFNO/c9-5-2-1-4-6(11)3-12-8(4)7(5)10/h1-2,6H,3,11H2/t6-/m1/s1. The van der Waals surface area contributed by atoms with Crippen molar-refractivity contribution in [1.82, 2.24) is 0 Å². The molecule has 0 radical (unpaired) electrons. The summed E-state index contributed by atoms with van der Waals surface area (Å²) >= 11 is 3.07. The number of hydrogen-bond acceptors (Lipinski definition) is 2. The van der Waals surface area contributed by atoms with E-state index in [0.29, 0.717) is 11.1 Å². The normalized spacial score (nSPS) is 20.4. The Labute approximate surface area is 77.6 Å². The Morgan fingerprint density at radius 3 is 3.08 bits per heavy atom. The average molecular weight is 232 g/mol. The molecule has 0 saturated heterocycles. The molecule has 12 heavy (non-hydrogen) atoms. The van der Waals surface area contributed by atoms with Gasteiger partial charge in [-0.15, -0.1) is 0 Å². The van der Waals surface area contributed by atoms with Gasteiger partial charge in [0.05, 0.1) is 10.5 Å². The van der Waals surface area contributed by atoms with Crippen LogP contribution in [0.25, 0.3) is 0 Å². The average Bonchev–Trinajstić information content (AvgIpc) is 2.41. The van der Waals surface area contributed by atoms with Crippen LogP contribution >= 0.6 is 15.9 Å². The summed E-state index contributed by atoms with van der Waals surface area (Å²) in [4.78, 5) is 0. The van der Waals surface area contributed by atoms with Crippen molar-refractivity contribution >= 4 is 15.9 Å². The summed E-state index contributed by atoms with van der Waals surface area (Å²) in [7, 11) is 0. The fourth-order valence-corrected chi connectivity index (χ4v) is 1.56. The van der Waals surface area contributed by atoms with Crippen molar-refractivity contribution < 1.29 is 9.13 Å². The Hall–Kier alpha value is -0.610. The molecular formula is C8H7BrFNO. The lowest BCUT2D eigenvalue weighted by molar-refractivity contribution is 0.319. The second kappa shape index (κ2) is 2.71. The first-order valence-corrected chi connectivity index (χ1v) is 4.35. The van der Waals surface area contributed by atoms with Crippen LogP contribution in [-0.2, 0) is 0 Å². The van der Waals surface area contributed by atoms with Gasteiger partial charge in [-0.25, -0.2) is 4.39 Å². The summed E-state index contributed by atoms with van der Waals surface area (Å²) in [6.07, 6.45) is 0. The number of ether oxygens (including phenoxy) is 1. The van der Waals surface area contributed by atoms with Crippen molar-refractivity contribution in [2.24, 2.45) is 5.73 Å². The molecule has 4 heteroatoms. The Morgan fingerprint density at radius 1 is 1.58 bits per heavy atom. The van der Waals surface area contributed by atoms with E-state index in [1.807, 2.05) is 0 Å². The molecule has 0 spiro atoms. The molecular weight excluding hydrogens is 225 g/mol. The maximum atomic E-state index is 13.2. The smallest absolute Gasteiger partial charge is 0.179 e. The van der Waals surface area contributed by atoms with Gasteiger partial charge in [-0.3, -0.25) is 0 Å². The Morgan fingerprint density at radius 2 is 2.33 bits per heavy atom. The zero-order chi connectivity index (χ0) is 8.72. The highest BCUT2D eigenvalue weighted by Crippen LogP contribution is 2.36. The molecule has 0 bridgehead atoms. The van der Waals surface area contributed by atoms with Gasteiger partial charge < -0.3 is 10.5 Å². The lowest BCUT2D eigenvalue weighted by Gasteiger charge is -2.02. The summed E-state index contributed by atoms with van der Waals surface area (Å²) < 4.78 is 18.8. The Balaban J connectivity index is 2.60. The first-order chi connectivity index (χ1) is 5.70. The van der Waals surface area contributed by atoms with E-state index >= 15 is 0 Å². The van der Waals surface area contributed by atoms with Gasteiger partial charge in [0, 0.05) is 5.56 Å². The third kappa shape index (κ3) is 1.03. The monoisotopic (exact) mass is 231 g/mol. The van der Waals surface area contributed by atoms with E-state index in [-0.39, 0.29) is 17.6 Å². The molecule has 1 aromatic rings. The van der Waals surface area contributed by atoms with Gasteiger partial charge in [-0.1, -0.05) is 6.07 Å². The zero-order valence-electron chi connectivity index (χ0n) is 6.18. The van der Waals surface area contributed by atoms with E-state index in [1.165, 1.54) is 0 Å². The van der Waals surface area contributed by atoms with Crippen LogP contribution in [0.3, 0.4) is 0 Å². The third-order valence-electron chi connectivity index (χ3n) is 1.89. The van der Waals surface area contributed by atoms with Crippen molar-refractivity contribution in [3.8, 4) is 5.75 Å². The molecule has 0 amide bonds. The van der Waals surface area contributed by atoms with Crippen molar-refractivity contribution in [3.63, 3.8) is 0 Å². The van der Waals surface area contributed by atoms with E-state index in [4.69, 9.17) is 10.5 Å². The van der Waals surface area contributed by atoms with Crippen LogP contribution in [0.15, 0.2) is 16.6 Å². The molecule has 1 aliphatic rings. The van der Waals surface area contributed by atoms with Crippen LogP contribution in [0.1, 0.15) is 11.6 Å². The first kappa shape index (κ1) is 8.01. The van der Waals surface area contributed by atoms with E-state index in [9.17, 15) is 4.39 Å². The molecule has 1 heterocycles. The molecule has 1 atom stereocenters. The highest BCUT2D eigenvalue weighted by Gasteiger charge is 2.24. The lowest BCUT2D eigenvalue weighted by Crippen LogP contribution is -2.10. The van der Waals surface area contributed by atoms with Crippen LogP contribution in [-0.4, -0.2) is 6.61 Å². The zero-order valence-corrected chi connectivity index (χ0v) is 7.77. The van der Waals surface area contributed by atoms with Gasteiger partial charge in [0.1, 0.15) is 6.61 Å². The highest BCUT2D eigenvalue weighted by atomic mass is 79.9. The number of benzene rings is 1. The first-order valence-electron chi connectivity index (χ1n) is 3.56. The van der Waals surface area contributed by atoms with Crippen molar-refractivity contribution in [3.05, 3.63) is 28.0 Å². The summed E-state index contributed by atoms with van der Waals surface area (Å²) in [6, 6.07) is 3.23. The van der Waals surface area contributed by atoms with E-state index in [1.54, 1.807) is 12.1 Å². The van der Waals surface area contributed by atoms with E-state index in [2.05, 4.69) is 15.9 Å². The largest absolute Gasteiger partial charge is 0.488 e. The molecule has 2 nitrogen and oxygen atoms in total. The summed E-state index contributed by atoms with van der Waals surface area (Å²) in [5, 5.41) is 0. The number of rotatable bonds is 0. The number of nitrogens with two attached hydrogens (primary N) is 1. The van der Waals surface area contributed by atoms with Gasteiger partial charge in [0.15, 0.2) is 11.6 Å². The van der Waals surface area contributed by atoms with Crippen molar-refractivity contribution in [2.45, 2.75) is 6.04 Å². The van der Waals surface area contributed by atoms with Crippen LogP contribution in [0.2, 0.25) is 0 Å². The number of hydrogen-bond donors (Lipinski definition) is 1. The van der Waals surface area contributed by atoms with Gasteiger partial charge in [0.2, 0.25) is 0 Å². The summed E-state index contributed by atoms with van der Waals surface area (Å²) in [5.41, 5.74) is 6.40. The van der Waals surface area contributed by atoms with Gasteiger partial charge in [-0.05, 0) is 22.0 Å². The number of fused-ring (bicyclic) bond motifs is 1. The summed E-state index contributed by atoms with van der Waals surface area (Å²) in [5.74, 6) is -0.0719. The fourth-order valence-electron chi connectivity index (χ4n) is 1.25. The van der Waals surface area contributed by atoms with Crippen LogP contribution in [0.5, 0.6) is 5.75 Å². The molecule has 2 N–H and O–H groups in total. The predicted molar refractivity (Wildman–Crippen MR) is 46.5 cm³/mol. The number of halogens is 2. The summed E-state index contributed by atoms with van der Waals surface area (Å²) in [6.45, 7) is 0.364. The third-order valence-corrected chi connectivity index (χ3v) is 2.50. The minimum absolute atomic E-state index is 0.192. The van der Waals surface area contributed by atoms with Gasteiger partial charge in [0.25, 0.3) is 0 Å².